The van der Waals surface area contributed by atoms with E-state index in [2.05, 4.69) is 0 Å². The van der Waals surface area contributed by atoms with Gasteiger partial charge >= 0.3 is 0 Å². The van der Waals surface area contributed by atoms with E-state index in [4.69, 9.17) is 4.74 Å². The summed E-state index contributed by atoms with van der Waals surface area (Å²) in [5.74, 6) is -1.31. The number of aliphatic hydroxyl groups excluding tert-OH is 1. The van der Waals surface area contributed by atoms with E-state index in [0.29, 0.717) is 0 Å². The summed E-state index contributed by atoms with van der Waals surface area (Å²) in [6.07, 6.45) is -0.803. The van der Waals surface area contributed by atoms with Gasteiger partial charge in [-0.1, -0.05) is 6.07 Å². The number of epoxide rings is 1. The molecule has 1 heterocycles. The topological polar surface area (TPSA) is 32.8 Å². The number of hydrogen-bond donors (Lipinski definition) is 1. The summed E-state index contributed by atoms with van der Waals surface area (Å²) in [5, 5.41) is 9.40. The fourth-order valence-corrected chi connectivity index (χ4v) is 1.53. The lowest BCUT2D eigenvalue weighted by molar-refractivity contribution is 0.0863. The first-order chi connectivity index (χ1) is 6.56. The molecular weight excluding hydrogens is 190 g/mol. The third-order valence-corrected chi connectivity index (χ3v) is 2.52. The molecule has 1 aliphatic heterocycles. The van der Waals surface area contributed by atoms with Crippen molar-refractivity contribution in [2.45, 2.75) is 18.6 Å². The summed E-state index contributed by atoms with van der Waals surface area (Å²) in [4.78, 5) is 0. The minimum atomic E-state index is -0.961. The standard InChI is InChI=1S/C10H10F2O2/c1-6(13)10(5-14-10)8-3-2-7(11)4-9(8)12/h2-4,6,13H,5H2,1H3/t6-,10+/m1/s1. The maximum atomic E-state index is 13.3. The van der Waals surface area contributed by atoms with E-state index >= 15 is 0 Å². The van der Waals surface area contributed by atoms with Crippen LogP contribution in [0, 0.1) is 11.6 Å². The molecule has 1 aliphatic rings. The molecule has 1 saturated heterocycles. The molecule has 0 spiro atoms. The third-order valence-electron chi connectivity index (χ3n) is 2.52. The van der Waals surface area contributed by atoms with Crippen LogP contribution in [0.1, 0.15) is 12.5 Å². The second kappa shape index (κ2) is 3.00. The Morgan fingerprint density at radius 3 is 2.57 bits per heavy atom. The quantitative estimate of drug-likeness (QED) is 0.735. The van der Waals surface area contributed by atoms with Gasteiger partial charge in [-0.25, -0.2) is 8.78 Å². The van der Waals surface area contributed by atoms with Gasteiger partial charge in [-0.15, -0.1) is 0 Å². The van der Waals surface area contributed by atoms with Crippen molar-refractivity contribution >= 4 is 0 Å². The Morgan fingerprint density at radius 2 is 2.14 bits per heavy atom. The molecule has 1 aromatic rings. The van der Waals surface area contributed by atoms with Crippen LogP contribution in [0.15, 0.2) is 18.2 Å². The lowest BCUT2D eigenvalue weighted by Crippen LogP contribution is -2.25. The van der Waals surface area contributed by atoms with E-state index in [1.165, 1.54) is 13.0 Å². The van der Waals surface area contributed by atoms with Crippen LogP contribution in [0.3, 0.4) is 0 Å². The summed E-state index contributed by atoms with van der Waals surface area (Å²) in [6.45, 7) is 1.79. The fraction of sp³-hybridized carbons (Fsp3) is 0.400. The first-order valence-corrected chi connectivity index (χ1v) is 4.34. The Hall–Kier alpha value is -1.00. The number of aliphatic hydroxyl groups is 1. The zero-order valence-corrected chi connectivity index (χ0v) is 7.63. The van der Waals surface area contributed by atoms with E-state index in [-0.39, 0.29) is 12.2 Å². The normalized spacial score (nSPS) is 27.4. The molecule has 0 aromatic heterocycles. The van der Waals surface area contributed by atoms with Crippen LogP contribution < -0.4 is 0 Å². The lowest BCUT2D eigenvalue weighted by Gasteiger charge is -2.15. The first-order valence-electron chi connectivity index (χ1n) is 4.34. The average molecular weight is 200 g/mol. The van der Waals surface area contributed by atoms with Gasteiger partial charge in [0.05, 0.1) is 12.7 Å². The van der Waals surface area contributed by atoms with Crippen LogP contribution in [-0.4, -0.2) is 17.8 Å². The molecule has 4 heteroatoms. The number of benzene rings is 1. The van der Waals surface area contributed by atoms with Crippen molar-refractivity contribution in [2.24, 2.45) is 0 Å². The zero-order valence-electron chi connectivity index (χ0n) is 7.63. The monoisotopic (exact) mass is 200 g/mol. The molecule has 0 saturated carbocycles. The number of halogens is 2. The van der Waals surface area contributed by atoms with Crippen molar-refractivity contribution in [3.8, 4) is 0 Å². The Morgan fingerprint density at radius 1 is 1.50 bits per heavy atom. The third kappa shape index (κ3) is 1.31. The molecule has 2 nitrogen and oxygen atoms in total. The predicted octanol–water partition coefficient (Wildman–Crippen LogP) is 1.57. The molecule has 2 atom stereocenters. The molecule has 0 radical (unpaired) electrons. The minimum absolute atomic E-state index is 0.217. The Balaban J connectivity index is 2.42. The van der Waals surface area contributed by atoms with Crippen LogP contribution in [0.4, 0.5) is 8.78 Å². The van der Waals surface area contributed by atoms with Gasteiger partial charge < -0.3 is 9.84 Å². The van der Waals surface area contributed by atoms with Gasteiger partial charge in [0.25, 0.3) is 0 Å². The molecule has 1 fully saturated rings. The van der Waals surface area contributed by atoms with E-state index in [9.17, 15) is 13.9 Å². The number of ether oxygens (including phenoxy) is 1. The summed E-state index contributed by atoms with van der Waals surface area (Å²) < 4.78 is 31.0. The van der Waals surface area contributed by atoms with Crippen LogP contribution >= 0.6 is 0 Å². The smallest absolute Gasteiger partial charge is 0.145 e. The largest absolute Gasteiger partial charge is 0.390 e. The minimum Gasteiger partial charge on any atom is -0.390 e. The molecule has 1 N–H and O–H groups in total. The summed E-state index contributed by atoms with van der Waals surface area (Å²) in [5.41, 5.74) is -0.744. The van der Waals surface area contributed by atoms with Crippen LogP contribution in [0.25, 0.3) is 0 Å². The molecule has 0 unspecified atom stereocenters. The maximum absolute atomic E-state index is 13.3. The highest BCUT2D eigenvalue weighted by Gasteiger charge is 2.52. The highest BCUT2D eigenvalue weighted by molar-refractivity contribution is 5.30. The predicted molar refractivity (Wildman–Crippen MR) is 45.7 cm³/mol. The van der Waals surface area contributed by atoms with Crippen molar-refractivity contribution in [3.05, 3.63) is 35.4 Å². The molecule has 0 amide bonds. The van der Waals surface area contributed by atoms with Crippen molar-refractivity contribution in [1.29, 1.82) is 0 Å². The molecule has 0 aliphatic carbocycles. The second-order valence-corrected chi connectivity index (χ2v) is 3.48. The fourth-order valence-electron chi connectivity index (χ4n) is 1.53. The Kier molecular flexibility index (Phi) is 2.05. The van der Waals surface area contributed by atoms with Gasteiger partial charge in [0, 0.05) is 11.6 Å². The Labute approximate surface area is 80.1 Å². The molecule has 1 aromatic carbocycles. The van der Waals surface area contributed by atoms with Gasteiger partial charge in [0.15, 0.2) is 0 Å². The van der Waals surface area contributed by atoms with E-state index < -0.39 is 23.3 Å². The summed E-state index contributed by atoms with van der Waals surface area (Å²) in [6, 6.07) is 3.26. The highest BCUT2D eigenvalue weighted by Crippen LogP contribution is 2.43. The number of hydrogen-bond acceptors (Lipinski definition) is 2. The molecular formula is C10H10F2O2. The van der Waals surface area contributed by atoms with Crippen molar-refractivity contribution in [1.82, 2.24) is 0 Å². The van der Waals surface area contributed by atoms with E-state index in [1.807, 2.05) is 0 Å². The van der Waals surface area contributed by atoms with E-state index in [0.717, 1.165) is 12.1 Å². The molecule has 0 bridgehead atoms. The zero-order chi connectivity index (χ0) is 10.3. The SMILES string of the molecule is C[C@@H](O)[C@]1(c2ccc(F)cc2F)CO1. The summed E-state index contributed by atoms with van der Waals surface area (Å²) >= 11 is 0. The second-order valence-electron chi connectivity index (χ2n) is 3.48. The lowest BCUT2D eigenvalue weighted by atomic mass is 9.94. The highest BCUT2D eigenvalue weighted by atomic mass is 19.1. The van der Waals surface area contributed by atoms with Crippen molar-refractivity contribution < 1.29 is 18.6 Å². The maximum Gasteiger partial charge on any atom is 0.145 e. The Bertz CT molecular complexity index is 359. The average Bonchev–Trinajstić information content (AvgIpc) is 2.84. The van der Waals surface area contributed by atoms with Crippen LogP contribution in [-0.2, 0) is 10.3 Å². The van der Waals surface area contributed by atoms with Gasteiger partial charge in [0.2, 0.25) is 0 Å². The molecule has 76 valence electrons. The van der Waals surface area contributed by atoms with Crippen LogP contribution in [0.2, 0.25) is 0 Å². The van der Waals surface area contributed by atoms with Crippen molar-refractivity contribution in [2.75, 3.05) is 6.61 Å². The molecule has 2 rings (SSSR count). The van der Waals surface area contributed by atoms with Gasteiger partial charge in [-0.2, -0.15) is 0 Å². The summed E-state index contributed by atoms with van der Waals surface area (Å²) in [7, 11) is 0. The number of rotatable bonds is 2. The van der Waals surface area contributed by atoms with Crippen LogP contribution in [0.5, 0.6) is 0 Å². The van der Waals surface area contributed by atoms with Gasteiger partial charge in [0.1, 0.15) is 17.2 Å². The van der Waals surface area contributed by atoms with Crippen molar-refractivity contribution in [3.63, 3.8) is 0 Å². The van der Waals surface area contributed by atoms with E-state index in [1.54, 1.807) is 0 Å². The van der Waals surface area contributed by atoms with Gasteiger partial charge in [-0.05, 0) is 13.0 Å². The molecule has 14 heavy (non-hydrogen) atoms. The first kappa shape index (κ1) is 9.55. The van der Waals surface area contributed by atoms with Gasteiger partial charge in [-0.3, -0.25) is 0 Å².